The van der Waals surface area contributed by atoms with E-state index < -0.39 is 13.1 Å². The molecule has 21 heavy (non-hydrogen) atoms. The van der Waals surface area contributed by atoms with Crippen LogP contribution in [0.1, 0.15) is 15.9 Å². The molecule has 1 unspecified atom stereocenters. The molecular weight excluding hydrogens is 295 g/mol. The second-order valence-electron chi connectivity index (χ2n) is 4.49. The van der Waals surface area contributed by atoms with Gasteiger partial charge in [-0.3, -0.25) is 0 Å². The van der Waals surface area contributed by atoms with E-state index in [1.165, 1.54) is 28.8 Å². The zero-order valence-corrected chi connectivity index (χ0v) is 11.5. The van der Waals surface area contributed by atoms with Crippen LogP contribution in [0.4, 0.5) is 0 Å². The minimum Gasteiger partial charge on any atom is -0.535 e. The molecular formula is C11H11BN4O4S. The number of nitrogen functional groups attached to an aromatic ring is 1. The molecule has 3 rings (SSSR count). The molecule has 1 aliphatic rings. The van der Waals surface area contributed by atoms with Crippen LogP contribution < -0.4 is 10.5 Å². The third-order valence-corrected chi connectivity index (χ3v) is 4.31. The van der Waals surface area contributed by atoms with Gasteiger partial charge >= 0.3 is 13.1 Å². The first-order chi connectivity index (χ1) is 10.1. The third-order valence-electron chi connectivity index (χ3n) is 3.10. The summed E-state index contributed by atoms with van der Waals surface area (Å²) >= 11 is 1.23. The maximum absolute atomic E-state index is 11.2. The summed E-state index contributed by atoms with van der Waals surface area (Å²) in [5.74, 6) is 4.75. The maximum atomic E-state index is 11.2. The number of carboxylic acids is 1. The molecule has 0 saturated heterocycles. The lowest BCUT2D eigenvalue weighted by Crippen LogP contribution is -2.41. The molecule has 0 saturated carbocycles. The number of thioether (sulfide) groups is 1. The van der Waals surface area contributed by atoms with Crippen molar-refractivity contribution in [1.82, 2.24) is 14.9 Å². The third kappa shape index (κ3) is 2.54. The number of para-hydroxylation sites is 1. The number of hydrogen-bond acceptors (Lipinski definition) is 7. The van der Waals surface area contributed by atoms with Gasteiger partial charge in [0.05, 0.1) is 10.7 Å². The molecule has 0 amide bonds. The number of aromatic carboxylic acids is 1. The van der Waals surface area contributed by atoms with Crippen LogP contribution in [0, 0.1) is 0 Å². The van der Waals surface area contributed by atoms with Crippen molar-refractivity contribution in [2.45, 2.75) is 16.7 Å². The minimum absolute atomic E-state index is 0.0389. The SMILES string of the molecule is Nn1cnnc1SC1Cc2cccc(C(=O)O)c2OB1O. The van der Waals surface area contributed by atoms with Crippen molar-refractivity contribution in [3.63, 3.8) is 0 Å². The highest BCUT2D eigenvalue weighted by molar-refractivity contribution is 8.01. The van der Waals surface area contributed by atoms with Crippen LogP contribution in [0.3, 0.4) is 0 Å². The van der Waals surface area contributed by atoms with Crippen LogP contribution in [0.2, 0.25) is 0 Å². The van der Waals surface area contributed by atoms with Crippen molar-refractivity contribution in [1.29, 1.82) is 0 Å². The van der Waals surface area contributed by atoms with E-state index in [0.29, 0.717) is 11.6 Å². The Labute approximate surface area is 124 Å². The average molecular weight is 306 g/mol. The molecule has 0 radical (unpaired) electrons. The summed E-state index contributed by atoms with van der Waals surface area (Å²) in [6.07, 6.45) is 1.80. The number of benzene rings is 1. The van der Waals surface area contributed by atoms with Crippen LogP contribution in [0.25, 0.3) is 0 Å². The number of rotatable bonds is 3. The van der Waals surface area contributed by atoms with Gasteiger partial charge in [0.25, 0.3) is 0 Å². The van der Waals surface area contributed by atoms with Crippen molar-refractivity contribution < 1.29 is 19.6 Å². The first-order valence-electron chi connectivity index (χ1n) is 6.08. The molecule has 1 atom stereocenters. The van der Waals surface area contributed by atoms with Crippen LogP contribution >= 0.6 is 11.8 Å². The van der Waals surface area contributed by atoms with Gasteiger partial charge in [-0.1, -0.05) is 23.9 Å². The smallest absolute Gasteiger partial charge is 0.535 e. The van der Waals surface area contributed by atoms with Gasteiger partial charge in [0.15, 0.2) is 0 Å². The molecule has 0 fully saturated rings. The van der Waals surface area contributed by atoms with Gasteiger partial charge in [-0.15, -0.1) is 10.2 Å². The lowest BCUT2D eigenvalue weighted by molar-refractivity contribution is 0.0694. The Morgan fingerprint density at radius 3 is 3.05 bits per heavy atom. The second-order valence-corrected chi connectivity index (χ2v) is 5.69. The van der Waals surface area contributed by atoms with Crippen molar-refractivity contribution in [3.05, 3.63) is 35.7 Å². The number of hydrogen-bond donors (Lipinski definition) is 3. The van der Waals surface area contributed by atoms with E-state index in [4.69, 9.17) is 15.6 Å². The highest BCUT2D eigenvalue weighted by atomic mass is 32.2. The summed E-state index contributed by atoms with van der Waals surface area (Å²) in [6, 6.07) is 4.86. The molecule has 1 aromatic carbocycles. The van der Waals surface area contributed by atoms with E-state index in [1.807, 2.05) is 0 Å². The van der Waals surface area contributed by atoms with E-state index in [0.717, 1.165) is 5.56 Å². The Hall–Kier alpha value is -2.20. The standard InChI is InChI=1S/C11H11BN4O4S/c13-16-5-14-15-11(16)21-8-4-6-2-1-3-7(10(17)18)9(6)20-12(8)19/h1-3,5,8,19H,4,13H2,(H,17,18). The zero-order chi connectivity index (χ0) is 15.0. The largest absolute Gasteiger partial charge is 0.537 e. The highest BCUT2D eigenvalue weighted by Crippen LogP contribution is 2.35. The average Bonchev–Trinajstić information content (AvgIpc) is 2.84. The molecule has 4 N–H and O–H groups in total. The topological polar surface area (TPSA) is 123 Å². The first kappa shape index (κ1) is 13.8. The Bertz CT molecular complexity index is 695. The second kappa shape index (κ2) is 5.30. The molecule has 0 aliphatic carbocycles. The fourth-order valence-corrected chi connectivity index (χ4v) is 3.09. The normalized spacial score (nSPS) is 17.2. The number of aromatic nitrogens is 3. The summed E-state index contributed by atoms with van der Waals surface area (Å²) in [5.41, 5.74) is 0.762. The monoisotopic (exact) mass is 306 g/mol. The maximum Gasteiger partial charge on any atom is 0.537 e. The van der Waals surface area contributed by atoms with Gasteiger partial charge in [-0.05, 0) is 18.1 Å². The Kier molecular flexibility index (Phi) is 3.48. The van der Waals surface area contributed by atoms with E-state index >= 15 is 0 Å². The summed E-state index contributed by atoms with van der Waals surface area (Å²) in [7, 11) is -1.15. The fraction of sp³-hybridized carbons (Fsp3) is 0.182. The van der Waals surface area contributed by atoms with E-state index in [2.05, 4.69) is 10.2 Å². The summed E-state index contributed by atoms with van der Waals surface area (Å²) in [6.45, 7) is 0. The lowest BCUT2D eigenvalue weighted by atomic mass is 9.77. The molecule has 108 valence electrons. The van der Waals surface area contributed by atoms with Gasteiger partial charge in [0.2, 0.25) is 5.16 Å². The van der Waals surface area contributed by atoms with Gasteiger partial charge in [0, 0.05) is 0 Å². The number of carbonyl (C=O) groups is 1. The number of nitrogens with two attached hydrogens (primary N) is 1. The Morgan fingerprint density at radius 1 is 1.57 bits per heavy atom. The van der Waals surface area contributed by atoms with Crippen molar-refractivity contribution in [2.75, 3.05) is 5.84 Å². The summed E-state index contributed by atoms with van der Waals surface area (Å²) in [5, 5.41) is 26.8. The van der Waals surface area contributed by atoms with Crippen molar-refractivity contribution in [3.8, 4) is 5.75 Å². The minimum atomic E-state index is -1.15. The van der Waals surface area contributed by atoms with Gasteiger partial charge in [0.1, 0.15) is 12.1 Å². The van der Waals surface area contributed by atoms with Crippen LogP contribution in [0.5, 0.6) is 5.75 Å². The Morgan fingerprint density at radius 2 is 2.38 bits per heavy atom. The molecule has 1 aromatic heterocycles. The molecule has 8 nitrogen and oxygen atoms in total. The van der Waals surface area contributed by atoms with E-state index in [1.54, 1.807) is 12.1 Å². The van der Waals surface area contributed by atoms with Crippen LogP contribution in [-0.2, 0) is 6.42 Å². The Balaban J connectivity index is 1.87. The van der Waals surface area contributed by atoms with Crippen LogP contribution in [-0.4, -0.2) is 43.2 Å². The number of nitrogens with zero attached hydrogens (tertiary/aromatic N) is 3. The molecule has 0 spiro atoms. The predicted molar refractivity (Wildman–Crippen MR) is 75.5 cm³/mol. The lowest BCUT2D eigenvalue weighted by Gasteiger charge is -2.27. The molecule has 2 aromatic rings. The highest BCUT2D eigenvalue weighted by Gasteiger charge is 2.38. The zero-order valence-electron chi connectivity index (χ0n) is 10.7. The number of carboxylic acid groups (broad SMARTS) is 1. The van der Waals surface area contributed by atoms with E-state index in [-0.39, 0.29) is 16.5 Å². The summed E-state index contributed by atoms with van der Waals surface area (Å²) < 4.78 is 6.63. The van der Waals surface area contributed by atoms with E-state index in [9.17, 15) is 9.82 Å². The first-order valence-corrected chi connectivity index (χ1v) is 6.96. The molecule has 1 aliphatic heterocycles. The van der Waals surface area contributed by atoms with Crippen molar-refractivity contribution in [2.24, 2.45) is 0 Å². The summed E-state index contributed by atoms with van der Waals surface area (Å²) in [4.78, 5) is 11.2. The van der Waals surface area contributed by atoms with Gasteiger partial charge in [-0.25, -0.2) is 9.47 Å². The quantitative estimate of drug-likeness (QED) is 0.526. The molecule has 2 heterocycles. The number of fused-ring (bicyclic) bond motifs is 1. The van der Waals surface area contributed by atoms with Gasteiger partial charge < -0.3 is 20.6 Å². The van der Waals surface area contributed by atoms with Gasteiger partial charge in [-0.2, -0.15) is 0 Å². The van der Waals surface area contributed by atoms with Crippen molar-refractivity contribution >= 4 is 24.8 Å². The molecule has 10 heteroatoms. The predicted octanol–water partition coefficient (Wildman–Crippen LogP) is -0.194. The molecule has 0 bridgehead atoms. The fourth-order valence-electron chi connectivity index (χ4n) is 2.12. The van der Waals surface area contributed by atoms with Crippen LogP contribution in [0.15, 0.2) is 29.7 Å².